The van der Waals surface area contributed by atoms with Crippen molar-refractivity contribution in [2.75, 3.05) is 37.0 Å². The summed E-state index contributed by atoms with van der Waals surface area (Å²) < 4.78 is 0. The number of nitrogens with zero attached hydrogens (tertiary/aromatic N) is 4. The summed E-state index contributed by atoms with van der Waals surface area (Å²) in [5, 5.41) is 6.95. The highest BCUT2D eigenvalue weighted by Crippen LogP contribution is 2.32. The second-order valence-corrected chi connectivity index (χ2v) is 9.71. The lowest BCUT2D eigenvalue weighted by Crippen LogP contribution is -2.35. The first-order valence-electron chi connectivity index (χ1n) is 12.0. The Hall–Kier alpha value is -3.16. The fourth-order valence-corrected chi connectivity index (χ4v) is 4.97. The van der Waals surface area contributed by atoms with Crippen LogP contribution in [0.3, 0.4) is 0 Å². The number of hydrogen-bond acceptors (Lipinski definition) is 6. The lowest BCUT2D eigenvalue weighted by Gasteiger charge is -2.30. The van der Waals surface area contributed by atoms with Crippen LogP contribution in [0.1, 0.15) is 42.4 Å². The predicted molar refractivity (Wildman–Crippen MR) is 146 cm³/mol. The van der Waals surface area contributed by atoms with E-state index in [4.69, 9.17) is 11.6 Å². The Labute approximate surface area is 212 Å². The molecule has 2 N–H and O–H groups in total. The van der Waals surface area contributed by atoms with Crippen molar-refractivity contribution >= 4 is 41.2 Å². The molecule has 0 spiro atoms. The van der Waals surface area contributed by atoms with Gasteiger partial charge in [-0.3, -0.25) is 14.7 Å². The van der Waals surface area contributed by atoms with Gasteiger partial charge < -0.3 is 15.5 Å². The molecular weight excluding hydrogens is 460 g/mol. The van der Waals surface area contributed by atoms with E-state index >= 15 is 0 Å². The molecule has 0 atom stereocenters. The van der Waals surface area contributed by atoms with Crippen LogP contribution in [0.25, 0.3) is 0 Å². The summed E-state index contributed by atoms with van der Waals surface area (Å²) in [5.41, 5.74) is 5.70. The van der Waals surface area contributed by atoms with Crippen molar-refractivity contribution in [3.05, 3.63) is 69.9 Å². The average molecular weight is 493 g/mol. The van der Waals surface area contributed by atoms with Gasteiger partial charge in [0.25, 0.3) is 5.91 Å². The highest BCUT2D eigenvalue weighted by atomic mass is 35.5. The maximum atomic E-state index is 13.2. The quantitative estimate of drug-likeness (QED) is 0.628. The number of guanidine groups is 1. The molecule has 0 saturated carbocycles. The number of aliphatic imine (C=N–C) groups is 2. The van der Waals surface area contributed by atoms with Crippen molar-refractivity contribution in [1.82, 2.24) is 10.2 Å². The lowest BCUT2D eigenvalue weighted by molar-refractivity contribution is -0.115. The number of para-hydroxylation sites is 1. The Bertz CT molecular complexity index is 1160. The molecule has 1 amide bonds. The minimum absolute atomic E-state index is 0.121. The predicted octanol–water partition coefficient (Wildman–Crippen LogP) is 5.06. The first-order chi connectivity index (χ1) is 16.8. The number of amides is 1. The van der Waals surface area contributed by atoms with E-state index in [1.165, 1.54) is 30.3 Å². The molecule has 4 rings (SSSR count). The Balaban J connectivity index is 1.51. The van der Waals surface area contributed by atoms with Crippen molar-refractivity contribution in [2.45, 2.75) is 39.5 Å². The number of piperidine rings is 1. The molecule has 2 aliphatic rings. The summed E-state index contributed by atoms with van der Waals surface area (Å²) in [6.45, 7) is 8.25. The molecule has 2 aromatic rings. The van der Waals surface area contributed by atoms with Gasteiger partial charge in [-0.25, -0.2) is 4.99 Å². The first-order valence-corrected chi connectivity index (χ1v) is 12.3. The average Bonchev–Trinajstić information content (AvgIpc) is 2.83. The van der Waals surface area contributed by atoms with Crippen molar-refractivity contribution in [3.63, 3.8) is 0 Å². The van der Waals surface area contributed by atoms with Crippen molar-refractivity contribution in [3.8, 4) is 0 Å². The molecule has 2 aromatic carbocycles. The third-order valence-electron chi connectivity index (χ3n) is 6.65. The fraction of sp³-hybridized carbons (Fsp3) is 0.370. The van der Waals surface area contributed by atoms with Crippen molar-refractivity contribution in [1.29, 1.82) is 0 Å². The van der Waals surface area contributed by atoms with Gasteiger partial charge in [-0.05, 0) is 94.6 Å². The third-order valence-corrected chi connectivity index (χ3v) is 6.95. The maximum Gasteiger partial charge on any atom is 0.256 e. The zero-order valence-corrected chi connectivity index (χ0v) is 21.6. The molecule has 0 bridgehead atoms. The van der Waals surface area contributed by atoms with Crippen LogP contribution in [-0.4, -0.2) is 49.9 Å². The van der Waals surface area contributed by atoms with Gasteiger partial charge in [0.1, 0.15) is 13.0 Å². The molecule has 35 heavy (non-hydrogen) atoms. The Kier molecular flexibility index (Phi) is 7.88. The molecule has 2 heterocycles. The van der Waals surface area contributed by atoms with E-state index in [0.29, 0.717) is 28.2 Å². The number of carbonyl (C=O) groups is 1. The summed E-state index contributed by atoms with van der Waals surface area (Å²) in [7, 11) is 2.19. The van der Waals surface area contributed by atoms with Crippen LogP contribution in [0.2, 0.25) is 5.02 Å². The van der Waals surface area contributed by atoms with Gasteiger partial charge in [-0.2, -0.15) is 0 Å². The number of benzene rings is 2. The van der Waals surface area contributed by atoms with E-state index in [1.54, 1.807) is 24.1 Å². The Morgan fingerprint density at radius 2 is 1.86 bits per heavy atom. The number of nitrogens with one attached hydrogen (secondary N) is 2. The molecule has 0 unspecified atom stereocenters. The van der Waals surface area contributed by atoms with Crippen LogP contribution in [0, 0.1) is 13.8 Å². The van der Waals surface area contributed by atoms with E-state index in [2.05, 4.69) is 57.7 Å². The normalized spacial score (nSPS) is 19.6. The van der Waals surface area contributed by atoms with Gasteiger partial charge in [0.15, 0.2) is 0 Å². The van der Waals surface area contributed by atoms with Crippen molar-refractivity contribution < 1.29 is 4.79 Å². The monoisotopic (exact) mass is 492 g/mol. The van der Waals surface area contributed by atoms with Gasteiger partial charge in [-0.15, -0.1) is 0 Å². The van der Waals surface area contributed by atoms with Gasteiger partial charge in [0, 0.05) is 17.5 Å². The largest absolute Gasteiger partial charge is 0.332 e. The molecule has 184 valence electrons. The molecule has 8 heteroatoms. The van der Waals surface area contributed by atoms with E-state index in [1.807, 2.05) is 19.1 Å². The molecule has 0 aliphatic carbocycles. The topological polar surface area (TPSA) is 72.3 Å². The van der Waals surface area contributed by atoms with Crippen molar-refractivity contribution in [2.24, 2.45) is 9.98 Å². The van der Waals surface area contributed by atoms with Gasteiger partial charge >= 0.3 is 0 Å². The molecular formula is C27H33ClN6O. The Morgan fingerprint density at radius 1 is 1.09 bits per heavy atom. The van der Waals surface area contributed by atoms with Gasteiger partial charge in [0.05, 0.1) is 10.7 Å². The highest BCUT2D eigenvalue weighted by molar-refractivity contribution is 6.34. The number of anilines is 2. The van der Waals surface area contributed by atoms with E-state index in [0.717, 1.165) is 24.3 Å². The summed E-state index contributed by atoms with van der Waals surface area (Å²) in [4.78, 5) is 26.0. The summed E-state index contributed by atoms with van der Waals surface area (Å²) in [6, 6.07) is 12.0. The van der Waals surface area contributed by atoms with Crippen LogP contribution in [-0.2, 0) is 4.79 Å². The van der Waals surface area contributed by atoms with E-state index < -0.39 is 0 Å². The van der Waals surface area contributed by atoms with E-state index in [-0.39, 0.29) is 12.6 Å². The summed E-state index contributed by atoms with van der Waals surface area (Å²) >= 11 is 6.42. The lowest BCUT2D eigenvalue weighted by atomic mass is 9.87. The first kappa shape index (κ1) is 24.9. The molecule has 7 nitrogen and oxygen atoms in total. The summed E-state index contributed by atoms with van der Waals surface area (Å²) in [6.07, 6.45) is 5.50. The number of carbonyl (C=O) groups excluding carboxylic acids is 1. The molecule has 1 saturated heterocycles. The minimum Gasteiger partial charge on any atom is -0.332 e. The van der Waals surface area contributed by atoms with E-state index in [9.17, 15) is 4.79 Å². The number of likely N-dealkylation sites (tertiary alicyclic amines) is 1. The van der Waals surface area contributed by atoms with Crippen LogP contribution in [0.4, 0.5) is 11.4 Å². The van der Waals surface area contributed by atoms with Crippen LogP contribution in [0.15, 0.2) is 58.2 Å². The third kappa shape index (κ3) is 5.92. The minimum atomic E-state index is -0.176. The Morgan fingerprint density at radius 3 is 2.57 bits per heavy atom. The second kappa shape index (κ2) is 11.1. The van der Waals surface area contributed by atoms with Crippen LogP contribution < -0.4 is 15.5 Å². The molecule has 2 aliphatic heterocycles. The number of aryl methyl sites for hydroxylation is 2. The van der Waals surface area contributed by atoms with Gasteiger partial charge in [0.2, 0.25) is 5.96 Å². The number of rotatable bonds is 3. The van der Waals surface area contributed by atoms with Crippen LogP contribution >= 0.6 is 11.6 Å². The molecule has 0 aromatic heterocycles. The zero-order valence-electron chi connectivity index (χ0n) is 20.8. The molecule has 1 fully saturated rings. The second-order valence-electron chi connectivity index (χ2n) is 9.30. The SMILES string of the molecule is C/C1=C\NC(Nc2ccc(C3CCN(C)CC3)c(C)c2)=NC=NCN(c2c(C)cccc2Cl)C1=O. The standard InChI is InChI=1S/C27H33ClN6O/c1-18-6-5-7-24(28)25(18)34-17-29-16-31-27(30-15-20(3)26(34)35)32-22-8-9-23(19(2)14-22)21-10-12-33(4)13-11-21/h5-9,14-16,21H,10-13,17H2,1-4H3,(H2,29,30,31,32)/b20-15+. The number of hydrogen-bond donors (Lipinski definition) is 2. The highest BCUT2D eigenvalue weighted by Gasteiger charge is 2.22. The summed E-state index contributed by atoms with van der Waals surface area (Å²) in [5.74, 6) is 0.929. The fourth-order valence-electron chi connectivity index (χ4n) is 4.64. The smallest absolute Gasteiger partial charge is 0.256 e. The molecule has 0 radical (unpaired) electrons. The van der Waals surface area contributed by atoms with Crippen LogP contribution in [0.5, 0.6) is 0 Å². The zero-order chi connectivity index (χ0) is 24.9. The number of halogens is 1. The maximum absolute atomic E-state index is 13.2. The van der Waals surface area contributed by atoms with Gasteiger partial charge in [-0.1, -0.05) is 29.8 Å².